The molecule has 0 unspecified atom stereocenters. The second-order valence-corrected chi connectivity index (χ2v) is 8.87. The zero-order valence-electron chi connectivity index (χ0n) is 20.9. The van der Waals surface area contributed by atoms with Crippen molar-refractivity contribution in [2.45, 2.75) is 26.6 Å². The summed E-state index contributed by atoms with van der Waals surface area (Å²) in [6, 6.07) is 11.4. The summed E-state index contributed by atoms with van der Waals surface area (Å²) in [5.41, 5.74) is 4.70. The van der Waals surface area contributed by atoms with Crippen LogP contribution >= 0.6 is 0 Å². The normalized spacial score (nSPS) is 14.3. The van der Waals surface area contributed by atoms with E-state index in [1.807, 2.05) is 30.3 Å². The van der Waals surface area contributed by atoms with Crippen molar-refractivity contribution in [3.05, 3.63) is 53.5 Å². The second-order valence-electron chi connectivity index (χ2n) is 8.87. The average Bonchev–Trinajstić information content (AvgIpc) is 2.85. The first-order chi connectivity index (χ1) is 17.4. The van der Waals surface area contributed by atoms with Crippen molar-refractivity contribution in [1.29, 1.82) is 5.26 Å². The number of aromatic nitrogens is 2. The van der Waals surface area contributed by atoms with Crippen LogP contribution in [0.4, 0.5) is 19.0 Å². The van der Waals surface area contributed by atoms with E-state index in [1.54, 1.807) is 11.1 Å². The lowest BCUT2D eigenvalue weighted by Gasteiger charge is -2.32. The molecular formula is C24H30F3N7O3. The summed E-state index contributed by atoms with van der Waals surface area (Å²) >= 11 is 0. The van der Waals surface area contributed by atoms with Gasteiger partial charge in [0.05, 0.1) is 0 Å². The van der Waals surface area contributed by atoms with Crippen LogP contribution in [0, 0.1) is 17.2 Å². The molecule has 13 heteroatoms. The van der Waals surface area contributed by atoms with Crippen LogP contribution in [0.1, 0.15) is 35.6 Å². The molecule has 0 saturated carbocycles. The van der Waals surface area contributed by atoms with Gasteiger partial charge in [-0.3, -0.25) is 20.1 Å². The maximum absolute atomic E-state index is 12.8. The Kier molecular flexibility index (Phi) is 10.8. The smallest absolute Gasteiger partial charge is 0.475 e. The van der Waals surface area contributed by atoms with Crippen molar-refractivity contribution in [2.24, 2.45) is 5.92 Å². The molecule has 1 aliphatic rings. The molecule has 3 rings (SSSR count). The zero-order chi connectivity index (χ0) is 27.6. The number of alkyl halides is 3. The number of carboxylic acids is 1. The van der Waals surface area contributed by atoms with Crippen LogP contribution in [0.3, 0.4) is 0 Å². The highest BCUT2D eigenvalue weighted by Crippen LogP contribution is 2.14. The molecule has 1 aromatic heterocycles. The number of nitrogens with one attached hydrogen (secondary N) is 1. The van der Waals surface area contributed by atoms with Crippen molar-refractivity contribution >= 4 is 17.7 Å². The van der Waals surface area contributed by atoms with Crippen LogP contribution in [-0.4, -0.2) is 82.7 Å². The van der Waals surface area contributed by atoms with E-state index >= 15 is 0 Å². The van der Waals surface area contributed by atoms with E-state index in [-0.39, 0.29) is 17.6 Å². The molecule has 1 aliphatic heterocycles. The predicted molar refractivity (Wildman–Crippen MR) is 129 cm³/mol. The highest BCUT2D eigenvalue weighted by Gasteiger charge is 2.38. The highest BCUT2D eigenvalue weighted by atomic mass is 19.4. The largest absolute Gasteiger partial charge is 0.490 e. The van der Waals surface area contributed by atoms with Crippen LogP contribution in [0.25, 0.3) is 0 Å². The Morgan fingerprint density at radius 2 is 1.76 bits per heavy atom. The minimum Gasteiger partial charge on any atom is -0.475 e. The quantitative estimate of drug-likeness (QED) is 0.529. The molecule has 0 spiro atoms. The number of carbonyl (C=O) groups excluding carboxylic acids is 1. The number of carbonyl (C=O) groups is 2. The van der Waals surface area contributed by atoms with Gasteiger partial charge in [0.1, 0.15) is 6.07 Å². The third kappa shape index (κ3) is 10.0. The molecule has 0 bridgehead atoms. The molecule has 2 aromatic rings. The van der Waals surface area contributed by atoms with Crippen molar-refractivity contribution in [3.63, 3.8) is 0 Å². The Balaban J connectivity index is 0.000000604. The Bertz CT molecular complexity index is 1080. The van der Waals surface area contributed by atoms with E-state index in [2.05, 4.69) is 46.1 Å². The van der Waals surface area contributed by atoms with Gasteiger partial charge in [0.15, 0.2) is 5.82 Å². The van der Waals surface area contributed by atoms with Gasteiger partial charge < -0.3 is 10.0 Å². The van der Waals surface area contributed by atoms with E-state index in [9.17, 15) is 18.0 Å². The van der Waals surface area contributed by atoms with E-state index in [0.717, 1.165) is 32.7 Å². The van der Waals surface area contributed by atoms with Crippen LogP contribution in [0.5, 0.6) is 0 Å². The zero-order valence-corrected chi connectivity index (χ0v) is 20.9. The Morgan fingerprint density at radius 1 is 1.16 bits per heavy atom. The fourth-order valence-corrected chi connectivity index (χ4v) is 3.33. The summed E-state index contributed by atoms with van der Waals surface area (Å²) in [7, 11) is 2.15. The van der Waals surface area contributed by atoms with Gasteiger partial charge in [-0.15, -0.1) is 0 Å². The van der Waals surface area contributed by atoms with Gasteiger partial charge in [-0.1, -0.05) is 26.0 Å². The molecular weight excluding hydrogens is 491 g/mol. The fourth-order valence-electron chi connectivity index (χ4n) is 3.33. The molecule has 2 N–H and O–H groups in total. The minimum absolute atomic E-state index is 0.0729. The van der Waals surface area contributed by atoms with Gasteiger partial charge in [0.2, 0.25) is 5.82 Å². The number of anilines is 1. The third-order valence-electron chi connectivity index (χ3n) is 5.26. The first-order valence-electron chi connectivity index (χ1n) is 11.5. The predicted octanol–water partition coefficient (Wildman–Crippen LogP) is 2.54. The number of benzene rings is 1. The minimum atomic E-state index is -5.08. The fraction of sp³-hybridized carbons (Fsp3) is 0.458. The number of hydrogen-bond donors (Lipinski definition) is 2. The van der Waals surface area contributed by atoms with Crippen molar-refractivity contribution in [3.8, 4) is 6.07 Å². The maximum Gasteiger partial charge on any atom is 0.490 e. The maximum atomic E-state index is 12.8. The number of nitriles is 1. The molecule has 1 aromatic carbocycles. The third-order valence-corrected chi connectivity index (χ3v) is 5.26. The topological polar surface area (TPSA) is 126 Å². The van der Waals surface area contributed by atoms with Gasteiger partial charge in [0.25, 0.3) is 5.91 Å². The van der Waals surface area contributed by atoms with Crippen LogP contribution in [0.2, 0.25) is 0 Å². The van der Waals surface area contributed by atoms with Crippen LogP contribution < -0.4 is 10.4 Å². The second kappa shape index (κ2) is 13.5. The number of aliphatic carboxylic acids is 1. The number of likely N-dealkylation sites (N-methyl/N-ethyl adjacent to an activating group) is 1. The molecule has 1 amide bonds. The number of nitrogens with zero attached hydrogens (tertiary/aromatic N) is 6. The average molecular weight is 522 g/mol. The van der Waals surface area contributed by atoms with Gasteiger partial charge in [-0.05, 0) is 30.7 Å². The van der Waals surface area contributed by atoms with Gasteiger partial charge in [-0.25, -0.2) is 9.78 Å². The Labute approximate surface area is 213 Å². The number of piperazine rings is 1. The number of carboxylic acid groups (broad SMARTS) is 1. The molecule has 0 aliphatic carbocycles. The molecule has 37 heavy (non-hydrogen) atoms. The lowest BCUT2D eigenvalue weighted by Crippen LogP contribution is -2.45. The Hall–Kier alpha value is -3.76. The SMILES string of the molecule is CC(C)CN(NC(=O)c1ccc(CN2CCN(C)CC2)cc1)c1ccnc(C#N)n1.O=C(O)C(F)(F)F. The first kappa shape index (κ1) is 29.5. The number of halogens is 3. The number of hydrazine groups is 1. The number of amides is 1. The summed E-state index contributed by atoms with van der Waals surface area (Å²) in [6.45, 7) is 9.87. The summed E-state index contributed by atoms with van der Waals surface area (Å²) in [6.07, 6.45) is -3.56. The van der Waals surface area contributed by atoms with E-state index in [0.29, 0.717) is 17.9 Å². The monoisotopic (exact) mass is 521 g/mol. The van der Waals surface area contributed by atoms with Gasteiger partial charge in [0, 0.05) is 57.1 Å². The summed E-state index contributed by atoms with van der Waals surface area (Å²) < 4.78 is 31.7. The number of hydrogen-bond acceptors (Lipinski definition) is 8. The molecule has 2 heterocycles. The molecule has 0 radical (unpaired) electrons. The molecule has 10 nitrogen and oxygen atoms in total. The van der Waals surface area contributed by atoms with Gasteiger partial charge in [-0.2, -0.15) is 23.4 Å². The van der Waals surface area contributed by atoms with Crippen LogP contribution in [-0.2, 0) is 11.3 Å². The first-order valence-corrected chi connectivity index (χ1v) is 11.5. The van der Waals surface area contributed by atoms with Crippen molar-refractivity contribution in [1.82, 2.24) is 25.2 Å². The van der Waals surface area contributed by atoms with Gasteiger partial charge >= 0.3 is 12.1 Å². The Morgan fingerprint density at radius 3 is 2.27 bits per heavy atom. The van der Waals surface area contributed by atoms with Crippen molar-refractivity contribution in [2.75, 3.05) is 44.8 Å². The summed E-state index contributed by atoms with van der Waals surface area (Å²) in [4.78, 5) is 34.6. The standard InChI is InChI=1S/C22H29N7O.C2HF3O2/c1-17(2)15-29(21-8-9-24-20(14-23)25-21)26-22(30)19-6-4-18(5-7-19)16-28-12-10-27(3)11-13-28;3-2(4,5)1(6)7/h4-9,17H,10-13,15-16H2,1-3H3,(H,26,30);(H,6,7). The molecule has 0 atom stereocenters. The van der Waals surface area contributed by atoms with Crippen molar-refractivity contribution < 1.29 is 27.9 Å². The van der Waals surface area contributed by atoms with E-state index in [1.165, 1.54) is 11.8 Å². The molecule has 1 fully saturated rings. The lowest BCUT2D eigenvalue weighted by atomic mass is 10.1. The summed E-state index contributed by atoms with van der Waals surface area (Å²) in [5.74, 6) is -2.11. The highest BCUT2D eigenvalue weighted by molar-refractivity contribution is 5.95. The van der Waals surface area contributed by atoms with E-state index < -0.39 is 12.1 Å². The van der Waals surface area contributed by atoms with Crippen LogP contribution in [0.15, 0.2) is 36.5 Å². The molecule has 1 saturated heterocycles. The summed E-state index contributed by atoms with van der Waals surface area (Å²) in [5, 5.41) is 17.9. The molecule has 200 valence electrons. The number of rotatable bonds is 7. The lowest BCUT2D eigenvalue weighted by molar-refractivity contribution is -0.192. The van der Waals surface area contributed by atoms with E-state index in [4.69, 9.17) is 15.2 Å².